The number of benzene rings is 2. The molecule has 0 radical (unpaired) electrons. The van der Waals surface area contributed by atoms with Gasteiger partial charge in [0.1, 0.15) is 0 Å². The maximum atomic E-state index is 12.1. The first-order valence-corrected chi connectivity index (χ1v) is 6.71. The Morgan fingerprint density at radius 2 is 1.70 bits per heavy atom. The van der Waals surface area contributed by atoms with Gasteiger partial charge in [0, 0.05) is 17.7 Å². The smallest absolute Gasteiger partial charge is 0.255 e. The molecule has 20 heavy (non-hydrogen) atoms. The zero-order chi connectivity index (χ0) is 14.5. The molecular formula is C16H16N2OS. The Balaban J connectivity index is 2.05. The van der Waals surface area contributed by atoms with E-state index in [-0.39, 0.29) is 5.91 Å². The third-order valence-electron chi connectivity index (χ3n) is 2.90. The molecule has 2 aromatic carbocycles. The summed E-state index contributed by atoms with van der Waals surface area (Å²) in [7, 11) is 0. The summed E-state index contributed by atoms with van der Waals surface area (Å²) in [6.07, 6.45) is 0.551. The molecule has 0 aliphatic rings. The zero-order valence-electron chi connectivity index (χ0n) is 11.2. The molecule has 3 N–H and O–H groups in total. The van der Waals surface area contributed by atoms with Crippen LogP contribution in [0.25, 0.3) is 0 Å². The largest absolute Gasteiger partial charge is 0.393 e. The molecule has 0 atom stereocenters. The number of thiocarbonyl (C=S) groups is 1. The molecule has 3 nitrogen and oxygen atoms in total. The van der Waals surface area contributed by atoms with E-state index in [0.717, 1.165) is 16.8 Å². The summed E-state index contributed by atoms with van der Waals surface area (Å²) in [6.45, 7) is 2.01. The molecule has 0 fully saturated rings. The van der Waals surface area contributed by atoms with E-state index in [1.807, 2.05) is 43.3 Å². The van der Waals surface area contributed by atoms with E-state index in [9.17, 15) is 4.79 Å². The predicted octanol–water partition coefficient (Wildman–Crippen LogP) is 3.08. The van der Waals surface area contributed by atoms with Crippen molar-refractivity contribution < 1.29 is 4.79 Å². The zero-order valence-corrected chi connectivity index (χ0v) is 12.0. The summed E-state index contributed by atoms with van der Waals surface area (Å²) in [5.74, 6) is -0.129. The first kappa shape index (κ1) is 14.2. The highest BCUT2D eigenvalue weighted by Crippen LogP contribution is 2.12. The van der Waals surface area contributed by atoms with Crippen molar-refractivity contribution in [3.05, 3.63) is 65.2 Å². The Labute approximate surface area is 123 Å². The number of aryl methyl sites for hydroxylation is 1. The molecule has 0 aliphatic carbocycles. The van der Waals surface area contributed by atoms with Crippen molar-refractivity contribution in [3.8, 4) is 0 Å². The minimum atomic E-state index is -0.129. The van der Waals surface area contributed by atoms with Crippen LogP contribution >= 0.6 is 12.2 Å². The maximum absolute atomic E-state index is 12.1. The summed E-state index contributed by atoms with van der Waals surface area (Å²) in [6, 6.07) is 15.0. The number of hydrogen-bond donors (Lipinski definition) is 2. The molecule has 2 aromatic rings. The van der Waals surface area contributed by atoms with Crippen LogP contribution in [0.3, 0.4) is 0 Å². The van der Waals surface area contributed by atoms with Crippen molar-refractivity contribution in [1.29, 1.82) is 0 Å². The van der Waals surface area contributed by atoms with Crippen molar-refractivity contribution in [1.82, 2.24) is 0 Å². The first-order chi connectivity index (χ1) is 9.54. The lowest BCUT2D eigenvalue weighted by molar-refractivity contribution is 0.102. The molecule has 0 saturated carbocycles. The topological polar surface area (TPSA) is 55.1 Å². The van der Waals surface area contributed by atoms with Gasteiger partial charge in [0.15, 0.2) is 0 Å². The second-order valence-corrected chi connectivity index (χ2v) is 5.18. The van der Waals surface area contributed by atoms with Crippen LogP contribution in [0.4, 0.5) is 5.69 Å². The van der Waals surface area contributed by atoms with Gasteiger partial charge in [-0.15, -0.1) is 0 Å². The van der Waals surface area contributed by atoms with E-state index in [1.165, 1.54) is 0 Å². The van der Waals surface area contributed by atoms with E-state index in [4.69, 9.17) is 18.0 Å². The summed E-state index contributed by atoms with van der Waals surface area (Å²) in [5.41, 5.74) is 9.04. The Morgan fingerprint density at radius 1 is 1.10 bits per heavy atom. The van der Waals surface area contributed by atoms with Crippen molar-refractivity contribution in [2.24, 2.45) is 5.73 Å². The third-order valence-corrected chi connectivity index (χ3v) is 3.05. The van der Waals surface area contributed by atoms with Crippen molar-refractivity contribution >= 4 is 28.8 Å². The molecule has 0 unspecified atom stereocenters. The highest BCUT2D eigenvalue weighted by molar-refractivity contribution is 7.80. The molecule has 0 aromatic heterocycles. The number of rotatable bonds is 4. The molecule has 1 amide bonds. The lowest BCUT2D eigenvalue weighted by Crippen LogP contribution is -2.13. The molecule has 0 heterocycles. The monoisotopic (exact) mass is 284 g/mol. The number of carbonyl (C=O) groups excluding carboxylic acids is 1. The van der Waals surface area contributed by atoms with Crippen molar-refractivity contribution in [2.45, 2.75) is 13.3 Å². The summed E-state index contributed by atoms with van der Waals surface area (Å²) in [4.78, 5) is 12.5. The van der Waals surface area contributed by atoms with E-state index in [1.54, 1.807) is 12.1 Å². The molecule has 0 bridgehead atoms. The number of hydrogen-bond acceptors (Lipinski definition) is 2. The van der Waals surface area contributed by atoms with Gasteiger partial charge >= 0.3 is 0 Å². The Kier molecular flexibility index (Phi) is 4.48. The third kappa shape index (κ3) is 3.90. The Bertz CT molecular complexity index is 618. The van der Waals surface area contributed by atoms with Crippen LogP contribution in [0.2, 0.25) is 0 Å². The summed E-state index contributed by atoms with van der Waals surface area (Å²) < 4.78 is 0. The molecular weight excluding hydrogens is 268 g/mol. The van der Waals surface area contributed by atoms with E-state index in [0.29, 0.717) is 17.0 Å². The fourth-order valence-corrected chi connectivity index (χ4v) is 1.98. The van der Waals surface area contributed by atoms with Gasteiger partial charge in [0.05, 0.1) is 4.99 Å². The van der Waals surface area contributed by atoms with E-state index in [2.05, 4.69) is 5.32 Å². The second-order valence-electron chi connectivity index (χ2n) is 4.66. The average molecular weight is 284 g/mol. The van der Waals surface area contributed by atoms with Gasteiger partial charge < -0.3 is 11.1 Å². The van der Waals surface area contributed by atoms with Crippen LogP contribution < -0.4 is 11.1 Å². The molecule has 2 rings (SSSR count). The van der Waals surface area contributed by atoms with Gasteiger partial charge in [0.2, 0.25) is 0 Å². The quantitative estimate of drug-likeness (QED) is 0.848. The van der Waals surface area contributed by atoms with Crippen molar-refractivity contribution in [3.63, 3.8) is 0 Å². The number of carbonyl (C=O) groups is 1. The van der Waals surface area contributed by atoms with Gasteiger partial charge in [-0.1, -0.05) is 42.0 Å². The average Bonchev–Trinajstić information content (AvgIpc) is 2.41. The van der Waals surface area contributed by atoms with Crippen LogP contribution in [-0.4, -0.2) is 10.9 Å². The van der Waals surface area contributed by atoms with Crippen LogP contribution in [0.5, 0.6) is 0 Å². The summed E-state index contributed by atoms with van der Waals surface area (Å²) in [5, 5.41) is 2.86. The number of amides is 1. The maximum Gasteiger partial charge on any atom is 0.255 e. The lowest BCUT2D eigenvalue weighted by atomic mass is 10.1. The van der Waals surface area contributed by atoms with Gasteiger partial charge in [-0.05, 0) is 36.8 Å². The number of nitrogens with one attached hydrogen (secondary N) is 1. The van der Waals surface area contributed by atoms with Crippen LogP contribution in [0, 0.1) is 6.92 Å². The minimum absolute atomic E-state index is 0.129. The number of anilines is 1. The van der Waals surface area contributed by atoms with E-state index < -0.39 is 0 Å². The van der Waals surface area contributed by atoms with Gasteiger partial charge in [-0.3, -0.25) is 4.79 Å². The normalized spacial score (nSPS) is 10.1. The van der Waals surface area contributed by atoms with Crippen LogP contribution in [-0.2, 0) is 6.42 Å². The Morgan fingerprint density at radius 3 is 2.25 bits per heavy atom. The van der Waals surface area contributed by atoms with Crippen LogP contribution in [0.15, 0.2) is 48.5 Å². The molecule has 4 heteroatoms. The summed E-state index contributed by atoms with van der Waals surface area (Å²) >= 11 is 4.86. The SMILES string of the molecule is Cc1ccc(NC(=O)c2ccc(CC(N)=S)cc2)cc1. The molecule has 102 valence electrons. The fraction of sp³-hybridized carbons (Fsp3) is 0.125. The molecule has 0 saturated heterocycles. The highest BCUT2D eigenvalue weighted by Gasteiger charge is 2.06. The minimum Gasteiger partial charge on any atom is -0.393 e. The Hall–Kier alpha value is -2.20. The van der Waals surface area contributed by atoms with Crippen LogP contribution in [0.1, 0.15) is 21.5 Å². The van der Waals surface area contributed by atoms with Crippen molar-refractivity contribution in [2.75, 3.05) is 5.32 Å². The predicted molar refractivity (Wildman–Crippen MR) is 86.1 cm³/mol. The fourth-order valence-electron chi connectivity index (χ4n) is 1.82. The van der Waals surface area contributed by atoms with Gasteiger partial charge in [-0.25, -0.2) is 0 Å². The lowest BCUT2D eigenvalue weighted by Gasteiger charge is -2.06. The molecule has 0 aliphatic heterocycles. The second kappa shape index (κ2) is 6.30. The standard InChI is InChI=1S/C16H16N2OS/c1-11-2-8-14(9-3-11)18-16(19)13-6-4-12(5-7-13)10-15(17)20/h2-9H,10H2,1H3,(H2,17,20)(H,18,19). The first-order valence-electron chi connectivity index (χ1n) is 6.30. The molecule has 0 spiro atoms. The van der Waals surface area contributed by atoms with Gasteiger partial charge in [-0.2, -0.15) is 0 Å². The highest BCUT2D eigenvalue weighted by atomic mass is 32.1. The van der Waals surface area contributed by atoms with E-state index >= 15 is 0 Å². The number of nitrogens with two attached hydrogens (primary N) is 1. The van der Waals surface area contributed by atoms with Gasteiger partial charge in [0.25, 0.3) is 5.91 Å².